The number of oxime groups is 1. The zero-order valence-corrected chi connectivity index (χ0v) is 12.9. The second-order valence-corrected chi connectivity index (χ2v) is 5.84. The Morgan fingerprint density at radius 2 is 1.86 bits per heavy atom. The molecule has 114 valence electrons. The van der Waals surface area contributed by atoms with Crippen LogP contribution in [-0.4, -0.2) is 54.3 Å². The number of carbonyl (C=O) groups is 1. The van der Waals surface area contributed by atoms with Gasteiger partial charge in [-0.15, -0.1) is 0 Å². The van der Waals surface area contributed by atoms with Crippen LogP contribution in [0.5, 0.6) is 0 Å². The number of carbonyl (C=O) groups excluding carboxylic acids is 1. The molecule has 0 saturated heterocycles. The molecule has 1 aromatic carbocycles. The van der Waals surface area contributed by atoms with Gasteiger partial charge in [0.2, 0.25) is 0 Å². The normalized spacial score (nSPS) is 12.4. The summed E-state index contributed by atoms with van der Waals surface area (Å²) < 4.78 is 5.17. The fraction of sp³-hybridized carbons (Fsp3) is 0.429. The maximum absolute atomic E-state index is 12.1. The van der Waals surface area contributed by atoms with Gasteiger partial charge >= 0.3 is 6.09 Å². The second kappa shape index (κ2) is 6.87. The summed E-state index contributed by atoms with van der Waals surface area (Å²) in [5, 5.41) is 21.1. The van der Waals surface area contributed by atoms with Crippen LogP contribution in [0.25, 0.3) is 0 Å². The molecule has 6 nitrogen and oxygen atoms in total. The Labute approximate surface area is 132 Å². The number of amides is 1. The van der Waals surface area contributed by atoms with Gasteiger partial charge in [-0.2, -0.15) is 0 Å². The molecule has 0 aliphatic carbocycles. The lowest BCUT2D eigenvalue weighted by molar-refractivity contribution is -0.0214. The minimum Gasteiger partial charge on any atom is -0.444 e. The Kier molecular flexibility index (Phi) is 5.65. The second-order valence-electron chi connectivity index (χ2n) is 5.84. The molecule has 0 bridgehead atoms. The van der Waals surface area contributed by atoms with Crippen LogP contribution < -0.4 is 0 Å². The Morgan fingerprint density at radius 3 is 2.27 bits per heavy atom. The Bertz CT molecular complexity index is 533. The summed E-state index contributed by atoms with van der Waals surface area (Å²) in [4.78, 5) is 12.9. The summed E-state index contributed by atoms with van der Waals surface area (Å²) in [5.41, 5.74) is -1.77. The average molecular weight is 300 g/mol. The number of rotatable bonds is 4. The van der Waals surface area contributed by atoms with E-state index in [1.165, 1.54) is 6.21 Å². The first kappa shape index (κ1) is 18.1. The van der Waals surface area contributed by atoms with Gasteiger partial charge in [0, 0.05) is 0 Å². The van der Waals surface area contributed by atoms with Crippen LogP contribution in [0.4, 0.5) is 4.79 Å². The van der Waals surface area contributed by atoms with E-state index in [4.69, 9.17) is 25.6 Å². The molecule has 0 aliphatic heterocycles. The minimum absolute atomic E-state index is 0.0467. The minimum atomic E-state index is -2.35. The molecule has 0 atom stereocenters. The van der Waals surface area contributed by atoms with Crippen LogP contribution in [-0.2, 0) is 11.3 Å². The van der Waals surface area contributed by atoms with Crippen LogP contribution in [0.1, 0.15) is 31.9 Å². The van der Waals surface area contributed by atoms with Gasteiger partial charge in [0.05, 0.1) is 18.3 Å². The monoisotopic (exact) mass is 300 g/mol. The summed E-state index contributed by atoms with van der Waals surface area (Å²) >= 11 is 0. The van der Waals surface area contributed by atoms with Gasteiger partial charge in [-0.05, 0) is 31.9 Å². The first-order chi connectivity index (χ1) is 10.0. The smallest absolute Gasteiger partial charge is 0.411 e. The van der Waals surface area contributed by atoms with Crippen molar-refractivity contribution in [3.63, 3.8) is 0 Å². The van der Waals surface area contributed by atoms with E-state index in [-0.39, 0.29) is 6.54 Å². The Hall–Kier alpha value is -1.95. The summed E-state index contributed by atoms with van der Waals surface area (Å²) in [6, 6.07) is 6.71. The van der Waals surface area contributed by atoms with E-state index in [0.717, 1.165) is 4.90 Å². The SMILES string of the molecule is [B]C([B])(O)N(Cc1ccc(/C=N/O)cc1)C(=O)OC(C)(C)C. The molecule has 1 amide bonds. The van der Waals surface area contributed by atoms with Crippen molar-refractivity contribution in [3.8, 4) is 0 Å². The topological polar surface area (TPSA) is 82.4 Å². The third-order valence-corrected chi connectivity index (χ3v) is 2.57. The van der Waals surface area contributed by atoms with E-state index in [2.05, 4.69) is 5.16 Å². The lowest BCUT2D eigenvalue weighted by atomic mass is 9.72. The summed E-state index contributed by atoms with van der Waals surface area (Å²) in [7, 11) is 10.9. The first-order valence-corrected chi connectivity index (χ1v) is 6.60. The third kappa shape index (κ3) is 5.81. The molecule has 1 rings (SSSR count). The van der Waals surface area contributed by atoms with Crippen molar-refractivity contribution in [2.24, 2.45) is 5.16 Å². The molecule has 2 N–H and O–H groups in total. The fourth-order valence-electron chi connectivity index (χ4n) is 1.61. The van der Waals surface area contributed by atoms with Crippen LogP contribution >= 0.6 is 0 Å². The first-order valence-electron chi connectivity index (χ1n) is 6.60. The molecule has 0 spiro atoms. The molecular formula is C14H18B2N2O4. The van der Waals surface area contributed by atoms with Crippen LogP contribution in [0.15, 0.2) is 29.4 Å². The Morgan fingerprint density at radius 1 is 1.32 bits per heavy atom. The number of hydrogen-bond acceptors (Lipinski definition) is 5. The van der Waals surface area contributed by atoms with Crippen LogP contribution in [0.3, 0.4) is 0 Å². The standard InChI is InChI=1S/C14H18B2N2O4/c1-13(2,3)22-12(19)18(14(15,16)20)9-11-6-4-10(5-7-11)8-17-21/h4-8,20-21H,9H2,1-3H3/b17-8+. The number of hydrogen-bond donors (Lipinski definition) is 2. The molecule has 22 heavy (non-hydrogen) atoms. The quantitative estimate of drug-likeness (QED) is 0.287. The van der Waals surface area contributed by atoms with E-state index in [1.807, 2.05) is 0 Å². The fourth-order valence-corrected chi connectivity index (χ4v) is 1.61. The van der Waals surface area contributed by atoms with Gasteiger partial charge in [-0.25, -0.2) is 4.79 Å². The molecule has 0 saturated carbocycles. The molecular weight excluding hydrogens is 282 g/mol. The van der Waals surface area contributed by atoms with E-state index in [0.29, 0.717) is 11.1 Å². The molecule has 4 radical (unpaired) electrons. The zero-order chi connectivity index (χ0) is 17.0. The highest BCUT2D eigenvalue weighted by atomic mass is 16.6. The van der Waals surface area contributed by atoms with Gasteiger partial charge in [0.15, 0.2) is 0 Å². The van der Waals surface area contributed by atoms with Crippen molar-refractivity contribution < 1.29 is 19.8 Å². The van der Waals surface area contributed by atoms with Crippen LogP contribution in [0.2, 0.25) is 0 Å². The summed E-state index contributed by atoms with van der Waals surface area (Å²) in [5.74, 6) is 0. The van der Waals surface area contributed by atoms with Gasteiger partial charge < -0.3 is 15.1 Å². The van der Waals surface area contributed by atoms with Crippen molar-refractivity contribution >= 4 is 28.0 Å². The van der Waals surface area contributed by atoms with Crippen LogP contribution in [0, 0.1) is 0 Å². The van der Waals surface area contributed by atoms with E-state index >= 15 is 0 Å². The van der Waals surface area contributed by atoms with Crippen molar-refractivity contribution in [3.05, 3.63) is 35.4 Å². The zero-order valence-electron chi connectivity index (χ0n) is 12.9. The molecule has 0 fully saturated rings. The van der Waals surface area contributed by atoms with Crippen molar-refractivity contribution in [1.29, 1.82) is 0 Å². The third-order valence-electron chi connectivity index (χ3n) is 2.57. The molecule has 0 aliphatic rings. The average Bonchev–Trinajstić information content (AvgIpc) is 2.34. The highest BCUT2D eigenvalue weighted by molar-refractivity contribution is 6.39. The Balaban J connectivity index is 2.92. The van der Waals surface area contributed by atoms with Gasteiger partial charge in [0.1, 0.15) is 21.3 Å². The lowest BCUT2D eigenvalue weighted by Crippen LogP contribution is -2.53. The largest absolute Gasteiger partial charge is 0.444 e. The number of benzene rings is 1. The van der Waals surface area contributed by atoms with Crippen molar-refractivity contribution in [2.75, 3.05) is 0 Å². The number of aliphatic hydroxyl groups is 1. The van der Waals surface area contributed by atoms with Crippen molar-refractivity contribution in [2.45, 2.75) is 38.4 Å². The molecule has 0 unspecified atom stereocenters. The van der Waals surface area contributed by atoms with E-state index in [9.17, 15) is 9.90 Å². The van der Waals surface area contributed by atoms with E-state index in [1.54, 1.807) is 45.0 Å². The summed E-state index contributed by atoms with van der Waals surface area (Å²) in [6.45, 7) is 5.03. The van der Waals surface area contributed by atoms with E-state index < -0.39 is 17.2 Å². The highest BCUT2D eigenvalue weighted by Gasteiger charge is 2.31. The maximum atomic E-state index is 12.1. The van der Waals surface area contributed by atoms with Gasteiger partial charge in [0.25, 0.3) is 0 Å². The molecule has 0 heterocycles. The number of nitrogens with zero attached hydrogens (tertiary/aromatic N) is 2. The predicted octanol–water partition coefficient (Wildman–Crippen LogP) is 1.17. The molecule has 8 heteroatoms. The highest BCUT2D eigenvalue weighted by Crippen LogP contribution is 2.17. The van der Waals surface area contributed by atoms with Crippen molar-refractivity contribution in [1.82, 2.24) is 4.90 Å². The number of ether oxygens (including phenoxy) is 1. The van der Waals surface area contributed by atoms with Gasteiger partial charge in [-0.1, -0.05) is 29.4 Å². The maximum Gasteiger partial charge on any atom is 0.411 e. The summed E-state index contributed by atoms with van der Waals surface area (Å²) in [6.07, 6.45) is 0.429. The molecule has 0 aromatic heterocycles. The molecule has 1 aromatic rings. The van der Waals surface area contributed by atoms with Gasteiger partial charge in [-0.3, -0.25) is 4.90 Å². The predicted molar refractivity (Wildman–Crippen MR) is 84.1 cm³/mol. The lowest BCUT2D eigenvalue weighted by Gasteiger charge is -2.36.